The van der Waals surface area contributed by atoms with Crippen molar-refractivity contribution >= 4 is 46.1 Å². The van der Waals surface area contributed by atoms with E-state index in [2.05, 4.69) is 11.0 Å². The van der Waals surface area contributed by atoms with Crippen LogP contribution in [-0.2, 0) is 16.1 Å². The number of aromatic nitrogens is 1. The summed E-state index contributed by atoms with van der Waals surface area (Å²) >= 11 is 6.81. The van der Waals surface area contributed by atoms with Crippen LogP contribution in [0.25, 0.3) is 6.08 Å². The Balaban J connectivity index is 1.79. The molecule has 4 heterocycles. The Morgan fingerprint density at radius 1 is 1.21 bits per heavy atom. The highest BCUT2D eigenvalue weighted by Crippen LogP contribution is 2.37. The highest BCUT2D eigenvalue weighted by Gasteiger charge is 2.35. The lowest BCUT2D eigenvalue weighted by Gasteiger charge is -2.29. The molecule has 1 amide bonds. The summed E-state index contributed by atoms with van der Waals surface area (Å²) in [6.07, 6.45) is 8.24. The first-order valence-corrected chi connectivity index (χ1v) is 13.0. The van der Waals surface area contributed by atoms with Crippen molar-refractivity contribution in [1.29, 1.82) is 5.26 Å². The fourth-order valence-electron chi connectivity index (χ4n) is 4.84. The van der Waals surface area contributed by atoms with E-state index >= 15 is 0 Å². The fraction of sp³-hybridized carbons (Fsp3) is 0.583. The van der Waals surface area contributed by atoms with Crippen LogP contribution < -0.4 is 10.5 Å². The van der Waals surface area contributed by atoms with Crippen LogP contribution in [0.5, 0.6) is 0 Å². The molecule has 1 aromatic rings. The molecule has 1 unspecified atom stereocenters. The Morgan fingerprint density at radius 2 is 1.94 bits per heavy atom. The van der Waals surface area contributed by atoms with Crippen molar-refractivity contribution in [2.45, 2.75) is 65.0 Å². The maximum absolute atomic E-state index is 13.3. The van der Waals surface area contributed by atoms with Crippen molar-refractivity contribution in [3.05, 3.63) is 31.9 Å². The van der Waals surface area contributed by atoms with Gasteiger partial charge in [0, 0.05) is 31.8 Å². The van der Waals surface area contributed by atoms with Gasteiger partial charge in [0.2, 0.25) is 0 Å². The molecule has 0 bridgehead atoms. The number of carbonyl (C=O) groups excluding carboxylic acids is 1. The van der Waals surface area contributed by atoms with E-state index in [-0.39, 0.29) is 23.1 Å². The predicted octanol–water partition coefficient (Wildman–Crippen LogP) is 3.81. The fourth-order valence-corrected chi connectivity index (χ4v) is 6.10. The summed E-state index contributed by atoms with van der Waals surface area (Å²) in [6, 6.07) is 2.10. The third-order valence-electron chi connectivity index (χ3n) is 6.63. The quantitative estimate of drug-likeness (QED) is 0.463. The Morgan fingerprint density at radius 3 is 2.55 bits per heavy atom. The molecule has 0 aliphatic carbocycles. The van der Waals surface area contributed by atoms with Gasteiger partial charge in [-0.25, -0.2) is 0 Å². The second-order valence-electron chi connectivity index (χ2n) is 8.73. The topological polar surface area (TPSA) is 78.6 Å². The minimum atomic E-state index is -0.264. The summed E-state index contributed by atoms with van der Waals surface area (Å²) in [5.41, 5.74) is 1.26. The van der Waals surface area contributed by atoms with Crippen molar-refractivity contribution in [3.63, 3.8) is 0 Å². The molecule has 3 saturated heterocycles. The minimum Gasteiger partial charge on any atom is -0.376 e. The number of amides is 1. The summed E-state index contributed by atoms with van der Waals surface area (Å²) in [4.78, 5) is 30.8. The lowest BCUT2D eigenvalue weighted by atomic mass is 10.0. The number of carbonyl (C=O) groups is 1. The van der Waals surface area contributed by atoms with Gasteiger partial charge in [-0.3, -0.25) is 19.1 Å². The number of thioether (sulfide) groups is 1. The average molecular weight is 487 g/mol. The first kappa shape index (κ1) is 24.0. The third-order valence-corrected chi connectivity index (χ3v) is 8.01. The van der Waals surface area contributed by atoms with Crippen LogP contribution >= 0.6 is 24.0 Å². The van der Waals surface area contributed by atoms with E-state index in [1.165, 1.54) is 24.6 Å². The maximum Gasteiger partial charge on any atom is 0.270 e. The van der Waals surface area contributed by atoms with Gasteiger partial charge in [-0.2, -0.15) is 5.26 Å². The second-order valence-corrected chi connectivity index (χ2v) is 10.4. The highest BCUT2D eigenvalue weighted by molar-refractivity contribution is 8.26. The molecule has 0 N–H and O–H groups in total. The number of ether oxygens (including phenoxy) is 1. The lowest BCUT2D eigenvalue weighted by molar-refractivity contribution is -0.123. The normalized spacial score (nSPS) is 22.8. The molecule has 0 saturated carbocycles. The van der Waals surface area contributed by atoms with Gasteiger partial charge in [-0.15, -0.1) is 0 Å². The predicted molar refractivity (Wildman–Crippen MR) is 135 cm³/mol. The molecule has 9 heteroatoms. The molecule has 7 nitrogen and oxygen atoms in total. The average Bonchev–Trinajstić information content (AvgIpc) is 3.30. The van der Waals surface area contributed by atoms with E-state index in [1.54, 1.807) is 16.4 Å². The number of hydrogen-bond acceptors (Lipinski definition) is 7. The summed E-state index contributed by atoms with van der Waals surface area (Å²) in [6.45, 7) is 7.09. The van der Waals surface area contributed by atoms with Crippen LogP contribution in [0.4, 0.5) is 5.82 Å². The second kappa shape index (κ2) is 10.4. The lowest BCUT2D eigenvalue weighted by Crippen LogP contribution is -2.35. The van der Waals surface area contributed by atoms with Crippen molar-refractivity contribution in [1.82, 2.24) is 9.47 Å². The van der Waals surface area contributed by atoms with Gasteiger partial charge in [0.25, 0.3) is 11.5 Å². The highest BCUT2D eigenvalue weighted by atomic mass is 32.2. The molecule has 176 valence electrons. The Kier molecular flexibility index (Phi) is 7.57. The van der Waals surface area contributed by atoms with Crippen LogP contribution in [0.3, 0.4) is 0 Å². The van der Waals surface area contributed by atoms with Crippen LogP contribution in [0.15, 0.2) is 9.70 Å². The smallest absolute Gasteiger partial charge is 0.270 e. The van der Waals surface area contributed by atoms with Gasteiger partial charge >= 0.3 is 0 Å². The van der Waals surface area contributed by atoms with E-state index < -0.39 is 0 Å². The van der Waals surface area contributed by atoms with Crippen LogP contribution in [0.1, 0.15) is 62.1 Å². The molecule has 3 aliphatic heterocycles. The largest absolute Gasteiger partial charge is 0.376 e. The Hall–Kier alpha value is -2.15. The number of anilines is 1. The molecule has 33 heavy (non-hydrogen) atoms. The van der Waals surface area contributed by atoms with E-state index in [4.69, 9.17) is 17.0 Å². The molecule has 0 spiro atoms. The molecule has 3 fully saturated rings. The van der Waals surface area contributed by atoms with Crippen molar-refractivity contribution in [2.75, 3.05) is 31.1 Å². The van der Waals surface area contributed by atoms with Crippen LogP contribution in [0.2, 0.25) is 0 Å². The first-order chi connectivity index (χ1) is 16.0. The van der Waals surface area contributed by atoms with Crippen molar-refractivity contribution in [2.24, 2.45) is 0 Å². The summed E-state index contributed by atoms with van der Waals surface area (Å²) in [5.74, 6) is 0.680. The zero-order valence-electron chi connectivity index (χ0n) is 19.3. The van der Waals surface area contributed by atoms with E-state index in [9.17, 15) is 14.9 Å². The summed E-state index contributed by atoms with van der Waals surface area (Å²) < 4.78 is 7.92. The maximum atomic E-state index is 13.3. The zero-order chi connectivity index (χ0) is 23.5. The zero-order valence-corrected chi connectivity index (χ0v) is 20.9. The van der Waals surface area contributed by atoms with E-state index in [1.807, 2.05) is 13.0 Å². The van der Waals surface area contributed by atoms with Gasteiger partial charge < -0.3 is 9.64 Å². The summed E-state index contributed by atoms with van der Waals surface area (Å²) in [7, 11) is 0. The minimum absolute atomic E-state index is 0.0217. The molecular formula is C24H30N4O3S2. The molecule has 4 rings (SSSR count). The standard InChI is InChI=1S/C24H30N4O3S2/c1-3-27-21(26-10-6-4-5-7-11-26)18(16(2)19(14-25)22(27)29)13-20-23(30)28(24(32)33-20)15-17-9-8-12-31-17/h13,17H,3-12,15H2,1-2H3/b20-13+. The molecule has 1 aromatic heterocycles. The van der Waals surface area contributed by atoms with Gasteiger partial charge in [0.15, 0.2) is 0 Å². The molecule has 3 aliphatic rings. The number of hydrogen-bond donors (Lipinski definition) is 0. The monoisotopic (exact) mass is 486 g/mol. The Labute approximate surface area is 204 Å². The third kappa shape index (κ3) is 4.75. The SMILES string of the molecule is CCn1c(N2CCCCCC2)c(/C=C2/SC(=S)N(CC3CCCO3)C2=O)c(C)c(C#N)c1=O. The molecule has 0 aromatic carbocycles. The number of thiocarbonyl (C=S) groups is 1. The van der Waals surface area contributed by atoms with Crippen molar-refractivity contribution in [3.8, 4) is 6.07 Å². The van der Waals surface area contributed by atoms with Gasteiger partial charge in [-0.05, 0) is 51.2 Å². The Bertz CT molecular complexity index is 1070. The number of rotatable bonds is 5. The summed E-state index contributed by atoms with van der Waals surface area (Å²) in [5, 5.41) is 9.73. The van der Waals surface area contributed by atoms with Gasteiger partial charge in [0.05, 0.1) is 17.6 Å². The van der Waals surface area contributed by atoms with E-state index in [0.717, 1.165) is 56.8 Å². The number of pyridine rings is 1. The van der Waals surface area contributed by atoms with E-state index in [0.29, 0.717) is 27.9 Å². The van der Waals surface area contributed by atoms with Crippen LogP contribution in [0, 0.1) is 18.3 Å². The number of nitrogens with zero attached hydrogens (tertiary/aromatic N) is 4. The van der Waals surface area contributed by atoms with Crippen molar-refractivity contribution < 1.29 is 9.53 Å². The van der Waals surface area contributed by atoms with Crippen LogP contribution in [-0.4, -0.2) is 52.0 Å². The molecule has 1 atom stereocenters. The molecular weight excluding hydrogens is 456 g/mol. The first-order valence-electron chi connectivity index (χ1n) is 11.8. The molecule has 0 radical (unpaired) electrons. The number of nitriles is 1. The van der Waals surface area contributed by atoms with Gasteiger partial charge in [0.1, 0.15) is 21.8 Å². The van der Waals surface area contributed by atoms with Gasteiger partial charge in [-0.1, -0.05) is 36.8 Å².